The second-order valence-electron chi connectivity index (χ2n) is 7.70. The predicted octanol–water partition coefficient (Wildman–Crippen LogP) is 4.27. The number of carbonyl (C=O) groups excluding carboxylic acids is 2. The van der Waals surface area contributed by atoms with E-state index in [1.54, 1.807) is 19.9 Å². The summed E-state index contributed by atoms with van der Waals surface area (Å²) < 4.78 is 16.4. The molecule has 0 bridgehead atoms. The molecule has 1 aliphatic rings. The molecule has 0 radical (unpaired) electrons. The van der Waals surface area contributed by atoms with Crippen LogP contribution in [0.4, 0.5) is 0 Å². The molecule has 7 nitrogen and oxygen atoms in total. The predicted molar refractivity (Wildman–Crippen MR) is 138 cm³/mol. The average molecular weight is 491 g/mol. The van der Waals surface area contributed by atoms with Gasteiger partial charge in [0.15, 0.2) is 11.7 Å². The van der Waals surface area contributed by atoms with Crippen molar-refractivity contribution in [2.45, 2.75) is 19.9 Å². The van der Waals surface area contributed by atoms with Crippen molar-refractivity contribution in [1.82, 2.24) is 10.6 Å². The quantitative estimate of drug-likeness (QED) is 0.358. The van der Waals surface area contributed by atoms with Crippen LogP contribution in [0.15, 0.2) is 72.3 Å². The molecular formula is C27H26N2O5S. The molecule has 3 aromatic rings. The summed E-state index contributed by atoms with van der Waals surface area (Å²) in [6.45, 7) is 3.70. The lowest BCUT2D eigenvalue weighted by atomic mass is 9.89. The van der Waals surface area contributed by atoms with Crippen molar-refractivity contribution in [2.24, 2.45) is 0 Å². The van der Waals surface area contributed by atoms with Gasteiger partial charge < -0.3 is 24.8 Å². The minimum Gasteiger partial charge on any atom is -0.482 e. The summed E-state index contributed by atoms with van der Waals surface area (Å²) in [5, 5.41) is 8.52. The molecule has 8 heteroatoms. The molecule has 1 heterocycles. The molecule has 0 saturated carbocycles. The Morgan fingerprint density at radius 3 is 2.37 bits per heavy atom. The average Bonchev–Trinajstić information content (AvgIpc) is 2.87. The second-order valence-corrected chi connectivity index (χ2v) is 8.11. The van der Waals surface area contributed by atoms with Gasteiger partial charge in [0.25, 0.3) is 0 Å². The summed E-state index contributed by atoms with van der Waals surface area (Å²) in [5.41, 5.74) is 2.39. The Balaban J connectivity index is 1.93. The van der Waals surface area contributed by atoms with Crippen LogP contribution in [0.5, 0.6) is 5.75 Å². The summed E-state index contributed by atoms with van der Waals surface area (Å²) in [4.78, 5) is 25.4. The Kier molecular flexibility index (Phi) is 7.62. The molecule has 0 aliphatic carbocycles. The minimum absolute atomic E-state index is 0.212. The SMILES string of the molecule is CCOC(=O)COc1ccc2ccccc2c1[C@H]1NC(=S)NC(c2ccccc2)=C1C(=O)OCC. The van der Waals surface area contributed by atoms with Crippen molar-refractivity contribution < 1.29 is 23.8 Å². The highest BCUT2D eigenvalue weighted by Crippen LogP contribution is 2.40. The third-order valence-electron chi connectivity index (χ3n) is 5.50. The molecule has 180 valence electrons. The maximum atomic E-state index is 13.4. The van der Waals surface area contributed by atoms with Gasteiger partial charge in [-0.15, -0.1) is 0 Å². The summed E-state index contributed by atoms with van der Waals surface area (Å²) in [5.74, 6) is -0.525. The minimum atomic E-state index is -0.693. The van der Waals surface area contributed by atoms with E-state index < -0.39 is 18.0 Å². The zero-order valence-corrected chi connectivity index (χ0v) is 20.3. The Labute approximate surface area is 209 Å². The van der Waals surface area contributed by atoms with Gasteiger partial charge in [0.1, 0.15) is 5.75 Å². The Bertz CT molecular complexity index is 1290. The number of ether oxygens (including phenoxy) is 3. The number of thiocarbonyl (C=S) groups is 1. The van der Waals surface area contributed by atoms with E-state index >= 15 is 0 Å². The van der Waals surface area contributed by atoms with Crippen LogP contribution in [-0.2, 0) is 19.1 Å². The van der Waals surface area contributed by atoms with E-state index in [4.69, 9.17) is 26.4 Å². The highest BCUT2D eigenvalue weighted by molar-refractivity contribution is 7.80. The van der Waals surface area contributed by atoms with Gasteiger partial charge in [-0.3, -0.25) is 0 Å². The van der Waals surface area contributed by atoms with Gasteiger partial charge >= 0.3 is 11.9 Å². The van der Waals surface area contributed by atoms with Crippen LogP contribution < -0.4 is 15.4 Å². The van der Waals surface area contributed by atoms with Gasteiger partial charge in [-0.25, -0.2) is 9.59 Å². The Morgan fingerprint density at radius 2 is 1.63 bits per heavy atom. The highest BCUT2D eigenvalue weighted by Gasteiger charge is 2.36. The van der Waals surface area contributed by atoms with Gasteiger partial charge in [0.2, 0.25) is 0 Å². The first-order chi connectivity index (χ1) is 17.0. The van der Waals surface area contributed by atoms with E-state index in [9.17, 15) is 9.59 Å². The lowest BCUT2D eigenvalue weighted by Gasteiger charge is -2.32. The number of rotatable bonds is 8. The van der Waals surface area contributed by atoms with Gasteiger partial charge in [-0.2, -0.15) is 0 Å². The van der Waals surface area contributed by atoms with Crippen molar-refractivity contribution in [2.75, 3.05) is 19.8 Å². The molecule has 35 heavy (non-hydrogen) atoms. The van der Waals surface area contributed by atoms with Crippen LogP contribution in [0, 0.1) is 0 Å². The fraction of sp³-hybridized carbons (Fsp3) is 0.222. The van der Waals surface area contributed by atoms with E-state index in [-0.39, 0.29) is 19.8 Å². The van der Waals surface area contributed by atoms with Gasteiger partial charge in [0.05, 0.1) is 30.5 Å². The van der Waals surface area contributed by atoms with E-state index in [1.807, 2.05) is 60.7 Å². The molecule has 0 saturated heterocycles. The number of nitrogens with one attached hydrogen (secondary N) is 2. The molecule has 2 N–H and O–H groups in total. The molecule has 4 rings (SSSR count). The summed E-state index contributed by atoms with van der Waals surface area (Å²) in [7, 11) is 0. The van der Waals surface area contributed by atoms with Crippen LogP contribution in [0.1, 0.15) is 31.0 Å². The lowest BCUT2D eigenvalue weighted by Crippen LogP contribution is -2.45. The number of carbonyl (C=O) groups is 2. The van der Waals surface area contributed by atoms with Crippen LogP contribution in [0.3, 0.4) is 0 Å². The first kappa shape index (κ1) is 24.2. The number of hydrogen-bond acceptors (Lipinski definition) is 6. The first-order valence-electron chi connectivity index (χ1n) is 11.4. The maximum Gasteiger partial charge on any atom is 0.344 e. The van der Waals surface area contributed by atoms with Crippen molar-refractivity contribution in [3.8, 4) is 5.75 Å². The Morgan fingerprint density at radius 1 is 0.914 bits per heavy atom. The Hall–Kier alpha value is -3.91. The van der Waals surface area contributed by atoms with E-state index in [2.05, 4.69) is 10.6 Å². The van der Waals surface area contributed by atoms with Gasteiger partial charge in [0, 0.05) is 5.56 Å². The maximum absolute atomic E-state index is 13.4. The number of hydrogen-bond donors (Lipinski definition) is 2. The molecule has 1 aliphatic heterocycles. The summed E-state index contributed by atoms with van der Waals surface area (Å²) in [6.07, 6.45) is 0. The lowest BCUT2D eigenvalue weighted by molar-refractivity contribution is -0.145. The molecule has 0 unspecified atom stereocenters. The summed E-state index contributed by atoms with van der Waals surface area (Å²) in [6, 6.07) is 20.2. The van der Waals surface area contributed by atoms with Crippen molar-refractivity contribution >= 4 is 45.7 Å². The molecule has 1 atom stereocenters. The van der Waals surface area contributed by atoms with Crippen LogP contribution in [0.25, 0.3) is 16.5 Å². The van der Waals surface area contributed by atoms with Crippen molar-refractivity contribution in [3.05, 3.63) is 83.4 Å². The zero-order chi connectivity index (χ0) is 24.8. The third kappa shape index (κ3) is 5.27. The first-order valence-corrected chi connectivity index (χ1v) is 11.8. The highest BCUT2D eigenvalue weighted by atomic mass is 32.1. The largest absolute Gasteiger partial charge is 0.482 e. The van der Waals surface area contributed by atoms with E-state index in [0.29, 0.717) is 27.7 Å². The molecule has 3 aromatic carbocycles. The standard InChI is InChI=1S/C27H26N2O5S/c1-3-32-21(30)16-34-20-15-14-17-10-8-9-13-19(17)22(20)25-23(26(31)33-4-2)24(28-27(35)29-25)18-11-6-5-7-12-18/h5-15,25H,3-4,16H2,1-2H3,(H2,28,29,35)/t25-/m1/s1. The monoisotopic (exact) mass is 490 g/mol. The molecular weight excluding hydrogens is 464 g/mol. The topological polar surface area (TPSA) is 85.9 Å². The molecule has 0 amide bonds. The molecule has 0 aromatic heterocycles. The third-order valence-corrected chi connectivity index (χ3v) is 5.72. The van der Waals surface area contributed by atoms with E-state index in [1.165, 1.54) is 0 Å². The summed E-state index contributed by atoms with van der Waals surface area (Å²) >= 11 is 5.55. The van der Waals surface area contributed by atoms with Crippen LogP contribution in [0.2, 0.25) is 0 Å². The smallest absolute Gasteiger partial charge is 0.344 e. The van der Waals surface area contributed by atoms with Crippen molar-refractivity contribution in [3.63, 3.8) is 0 Å². The second kappa shape index (κ2) is 11.0. The molecule has 0 fully saturated rings. The van der Waals surface area contributed by atoms with Crippen molar-refractivity contribution in [1.29, 1.82) is 0 Å². The van der Waals surface area contributed by atoms with Crippen LogP contribution in [-0.4, -0.2) is 36.9 Å². The van der Waals surface area contributed by atoms with Gasteiger partial charge in [-0.05, 0) is 48.5 Å². The van der Waals surface area contributed by atoms with Crippen LogP contribution >= 0.6 is 12.2 Å². The fourth-order valence-corrected chi connectivity index (χ4v) is 4.30. The number of benzene rings is 3. The molecule has 0 spiro atoms. The normalized spacial score (nSPS) is 15.3. The van der Waals surface area contributed by atoms with E-state index in [0.717, 1.165) is 16.3 Å². The fourth-order valence-electron chi connectivity index (χ4n) is 4.08. The number of esters is 2. The zero-order valence-electron chi connectivity index (χ0n) is 19.5. The number of fused-ring (bicyclic) bond motifs is 1. The van der Waals surface area contributed by atoms with Gasteiger partial charge in [-0.1, -0.05) is 60.7 Å².